The van der Waals surface area contributed by atoms with Crippen molar-refractivity contribution in [2.24, 2.45) is 0 Å². The molecule has 0 saturated heterocycles. The van der Waals surface area contributed by atoms with Gasteiger partial charge >= 0.3 is 5.97 Å². The molecule has 0 heterocycles. The molecule has 0 aliphatic heterocycles. The van der Waals surface area contributed by atoms with E-state index in [4.69, 9.17) is 9.84 Å². The van der Waals surface area contributed by atoms with E-state index in [-0.39, 0.29) is 6.42 Å². The Morgan fingerprint density at radius 1 is 1.58 bits per heavy atom. The molecule has 1 aromatic carbocycles. The molecule has 5 nitrogen and oxygen atoms in total. The Morgan fingerprint density at radius 3 is 2.89 bits per heavy atom. The SMILES string of the molecule is COc1cccc(NC(C)(C#N)CCCC(=O)O)c1. The highest BCUT2D eigenvalue weighted by atomic mass is 16.5. The number of benzene rings is 1. The van der Waals surface area contributed by atoms with Gasteiger partial charge in [-0.2, -0.15) is 5.26 Å². The van der Waals surface area contributed by atoms with Gasteiger partial charge in [-0.1, -0.05) is 6.07 Å². The van der Waals surface area contributed by atoms with Crippen LogP contribution in [0.1, 0.15) is 26.2 Å². The van der Waals surface area contributed by atoms with Crippen LogP contribution in [-0.2, 0) is 4.79 Å². The third-order valence-corrected chi connectivity index (χ3v) is 2.80. The molecule has 0 aliphatic rings. The minimum Gasteiger partial charge on any atom is -0.497 e. The maximum atomic E-state index is 10.5. The normalized spacial score (nSPS) is 13.1. The van der Waals surface area contributed by atoms with Crippen LogP contribution in [0, 0.1) is 11.3 Å². The molecule has 0 amide bonds. The molecule has 5 heteroatoms. The van der Waals surface area contributed by atoms with Crippen LogP contribution in [0.3, 0.4) is 0 Å². The summed E-state index contributed by atoms with van der Waals surface area (Å²) in [6, 6.07) is 9.48. The van der Waals surface area contributed by atoms with Gasteiger partial charge in [0.05, 0.1) is 13.2 Å². The third kappa shape index (κ3) is 4.88. The highest BCUT2D eigenvalue weighted by Gasteiger charge is 2.23. The van der Waals surface area contributed by atoms with Crippen LogP contribution in [0.2, 0.25) is 0 Å². The highest BCUT2D eigenvalue weighted by Crippen LogP contribution is 2.23. The van der Waals surface area contributed by atoms with Crippen molar-refractivity contribution in [2.45, 2.75) is 31.7 Å². The number of rotatable bonds is 7. The van der Waals surface area contributed by atoms with E-state index < -0.39 is 11.5 Å². The monoisotopic (exact) mass is 262 g/mol. The molecule has 0 aliphatic carbocycles. The Hall–Kier alpha value is -2.22. The lowest BCUT2D eigenvalue weighted by atomic mass is 9.96. The van der Waals surface area contributed by atoms with Gasteiger partial charge in [-0.15, -0.1) is 0 Å². The molecular formula is C14H18N2O3. The first-order valence-corrected chi connectivity index (χ1v) is 6.04. The molecule has 1 rings (SSSR count). The quantitative estimate of drug-likeness (QED) is 0.789. The van der Waals surface area contributed by atoms with Crippen molar-refractivity contribution in [2.75, 3.05) is 12.4 Å². The van der Waals surface area contributed by atoms with Crippen molar-refractivity contribution < 1.29 is 14.6 Å². The largest absolute Gasteiger partial charge is 0.497 e. The standard InChI is InChI=1S/C14H18N2O3/c1-14(10-15,8-4-7-13(17)18)16-11-5-3-6-12(9-11)19-2/h3,5-6,9,16H,4,7-8H2,1-2H3,(H,17,18). The molecular weight excluding hydrogens is 244 g/mol. The van der Waals surface area contributed by atoms with E-state index in [0.717, 1.165) is 5.69 Å². The summed E-state index contributed by atoms with van der Waals surface area (Å²) >= 11 is 0. The molecule has 19 heavy (non-hydrogen) atoms. The molecule has 1 atom stereocenters. The fourth-order valence-electron chi connectivity index (χ4n) is 1.76. The van der Waals surface area contributed by atoms with Crippen molar-refractivity contribution in [3.8, 4) is 11.8 Å². The van der Waals surface area contributed by atoms with Crippen molar-refractivity contribution in [3.05, 3.63) is 24.3 Å². The minimum atomic E-state index is -0.846. The van der Waals surface area contributed by atoms with E-state index in [0.29, 0.717) is 18.6 Å². The zero-order chi connectivity index (χ0) is 14.3. The van der Waals surface area contributed by atoms with Crippen LogP contribution < -0.4 is 10.1 Å². The molecule has 1 aromatic rings. The van der Waals surface area contributed by atoms with Crippen molar-refractivity contribution in [1.82, 2.24) is 0 Å². The molecule has 0 spiro atoms. The van der Waals surface area contributed by atoms with Crippen LogP contribution in [0.5, 0.6) is 5.75 Å². The molecule has 2 N–H and O–H groups in total. The number of nitriles is 1. The molecule has 0 bridgehead atoms. The van der Waals surface area contributed by atoms with E-state index in [1.54, 1.807) is 20.1 Å². The summed E-state index contributed by atoms with van der Waals surface area (Å²) in [5.74, 6) is -0.141. The van der Waals surface area contributed by atoms with Crippen LogP contribution >= 0.6 is 0 Å². The summed E-state index contributed by atoms with van der Waals surface area (Å²) in [7, 11) is 1.58. The molecule has 0 saturated carbocycles. The topological polar surface area (TPSA) is 82.3 Å². The van der Waals surface area contributed by atoms with E-state index in [2.05, 4.69) is 11.4 Å². The number of hydrogen-bond donors (Lipinski definition) is 2. The average Bonchev–Trinajstić information content (AvgIpc) is 2.38. The van der Waals surface area contributed by atoms with Crippen molar-refractivity contribution in [1.29, 1.82) is 5.26 Å². The molecule has 1 unspecified atom stereocenters. The van der Waals surface area contributed by atoms with E-state index in [1.807, 2.05) is 18.2 Å². The van der Waals surface area contributed by atoms with Crippen LogP contribution in [0.25, 0.3) is 0 Å². The Kier molecular flexibility index (Phi) is 5.19. The van der Waals surface area contributed by atoms with Gasteiger partial charge in [-0.05, 0) is 31.9 Å². The predicted molar refractivity (Wildman–Crippen MR) is 72.1 cm³/mol. The number of aliphatic carboxylic acids is 1. The molecule has 0 aromatic heterocycles. The average molecular weight is 262 g/mol. The first-order chi connectivity index (χ1) is 8.99. The first kappa shape index (κ1) is 14.8. The Morgan fingerprint density at radius 2 is 2.32 bits per heavy atom. The molecule has 0 fully saturated rings. The third-order valence-electron chi connectivity index (χ3n) is 2.80. The summed E-state index contributed by atoms with van der Waals surface area (Å²) in [4.78, 5) is 10.5. The number of carbonyl (C=O) groups is 1. The fraction of sp³-hybridized carbons (Fsp3) is 0.429. The lowest BCUT2D eigenvalue weighted by Crippen LogP contribution is -2.33. The summed E-state index contributed by atoms with van der Waals surface area (Å²) in [5, 5.41) is 21.0. The van der Waals surface area contributed by atoms with Gasteiger partial charge in [0.15, 0.2) is 0 Å². The Balaban J connectivity index is 2.69. The van der Waals surface area contributed by atoms with Gasteiger partial charge in [0.25, 0.3) is 0 Å². The van der Waals surface area contributed by atoms with Crippen molar-refractivity contribution >= 4 is 11.7 Å². The second-order valence-corrected chi connectivity index (χ2v) is 4.55. The first-order valence-electron chi connectivity index (χ1n) is 6.04. The second-order valence-electron chi connectivity index (χ2n) is 4.55. The highest BCUT2D eigenvalue weighted by molar-refractivity contribution is 5.66. The summed E-state index contributed by atoms with van der Waals surface area (Å²) in [6.07, 6.45) is 0.987. The zero-order valence-corrected chi connectivity index (χ0v) is 11.1. The Bertz CT molecular complexity index is 482. The lowest BCUT2D eigenvalue weighted by Gasteiger charge is -2.24. The van der Waals surface area contributed by atoms with Crippen LogP contribution in [0.15, 0.2) is 24.3 Å². The van der Waals surface area contributed by atoms with E-state index in [9.17, 15) is 10.1 Å². The van der Waals surface area contributed by atoms with Gasteiger partial charge in [0, 0.05) is 18.2 Å². The van der Waals surface area contributed by atoms with Crippen molar-refractivity contribution in [3.63, 3.8) is 0 Å². The molecule has 102 valence electrons. The smallest absolute Gasteiger partial charge is 0.303 e. The number of carboxylic acid groups (broad SMARTS) is 1. The van der Waals surface area contributed by atoms with Gasteiger partial charge in [-0.3, -0.25) is 4.79 Å². The zero-order valence-electron chi connectivity index (χ0n) is 11.1. The predicted octanol–water partition coefficient (Wildman–Crippen LogP) is 2.64. The number of methoxy groups -OCH3 is 1. The number of carboxylic acids is 1. The lowest BCUT2D eigenvalue weighted by molar-refractivity contribution is -0.137. The van der Waals surface area contributed by atoms with Gasteiger partial charge < -0.3 is 15.2 Å². The maximum absolute atomic E-state index is 10.5. The van der Waals surface area contributed by atoms with Crippen LogP contribution in [-0.4, -0.2) is 23.7 Å². The van der Waals surface area contributed by atoms with Gasteiger partial charge in [0.1, 0.15) is 11.3 Å². The van der Waals surface area contributed by atoms with E-state index >= 15 is 0 Å². The summed E-state index contributed by atoms with van der Waals surface area (Å²) in [6.45, 7) is 1.76. The summed E-state index contributed by atoms with van der Waals surface area (Å²) < 4.78 is 5.11. The fourth-order valence-corrected chi connectivity index (χ4v) is 1.76. The number of hydrogen-bond acceptors (Lipinski definition) is 4. The maximum Gasteiger partial charge on any atom is 0.303 e. The number of ether oxygens (including phenoxy) is 1. The minimum absolute atomic E-state index is 0.0665. The number of nitrogens with zero attached hydrogens (tertiary/aromatic N) is 1. The second kappa shape index (κ2) is 6.64. The number of nitrogens with one attached hydrogen (secondary N) is 1. The Labute approximate surface area is 112 Å². The van der Waals surface area contributed by atoms with Gasteiger partial charge in [0.2, 0.25) is 0 Å². The number of anilines is 1. The van der Waals surface area contributed by atoms with Crippen LogP contribution in [0.4, 0.5) is 5.69 Å². The van der Waals surface area contributed by atoms with Gasteiger partial charge in [-0.25, -0.2) is 0 Å². The molecule has 0 radical (unpaired) electrons. The van der Waals surface area contributed by atoms with E-state index in [1.165, 1.54) is 0 Å². The summed E-state index contributed by atoms with van der Waals surface area (Å²) in [5.41, 5.74) is -0.0133.